The number of hydrogen-bond donors (Lipinski definition) is 1. The summed E-state index contributed by atoms with van der Waals surface area (Å²) in [6, 6.07) is 12.2. The maximum absolute atomic E-state index is 5.69. The summed E-state index contributed by atoms with van der Waals surface area (Å²) >= 11 is 0. The molecule has 0 aliphatic heterocycles. The van der Waals surface area contributed by atoms with Crippen LogP contribution in [0.25, 0.3) is 0 Å². The quantitative estimate of drug-likeness (QED) is 0.849. The zero-order chi connectivity index (χ0) is 15.1. The Balaban J connectivity index is 1.88. The summed E-state index contributed by atoms with van der Waals surface area (Å²) in [7, 11) is 1.66. The van der Waals surface area contributed by atoms with Gasteiger partial charge in [-0.1, -0.05) is 32.0 Å². The number of nitrogens with zero attached hydrogens (tertiary/aromatic N) is 1. The molecule has 0 unspecified atom stereocenters. The lowest BCUT2D eigenvalue weighted by atomic mass is 10.2. The minimum Gasteiger partial charge on any atom is -0.497 e. The first-order chi connectivity index (χ1) is 10.2. The Morgan fingerprint density at radius 2 is 2.00 bits per heavy atom. The maximum Gasteiger partial charge on any atom is 0.213 e. The number of methoxy groups -OCH3 is 1. The fourth-order valence-electron chi connectivity index (χ4n) is 1.84. The average Bonchev–Trinajstić information content (AvgIpc) is 2.52. The van der Waals surface area contributed by atoms with Crippen LogP contribution in [0.5, 0.6) is 11.6 Å². The third-order valence-electron chi connectivity index (χ3n) is 3.03. The van der Waals surface area contributed by atoms with Crippen molar-refractivity contribution in [1.29, 1.82) is 0 Å². The summed E-state index contributed by atoms with van der Waals surface area (Å²) in [6.07, 6.45) is 1.84. The van der Waals surface area contributed by atoms with E-state index < -0.39 is 0 Å². The van der Waals surface area contributed by atoms with Gasteiger partial charge in [0.2, 0.25) is 5.88 Å². The molecule has 1 N–H and O–H groups in total. The minimum absolute atomic E-state index is 0.467. The van der Waals surface area contributed by atoms with Crippen LogP contribution in [0.4, 0.5) is 0 Å². The van der Waals surface area contributed by atoms with Gasteiger partial charge in [-0.3, -0.25) is 0 Å². The molecule has 0 bridgehead atoms. The van der Waals surface area contributed by atoms with Crippen molar-refractivity contribution in [2.75, 3.05) is 7.11 Å². The van der Waals surface area contributed by atoms with Crippen molar-refractivity contribution < 1.29 is 9.47 Å². The van der Waals surface area contributed by atoms with Crippen molar-refractivity contribution in [3.63, 3.8) is 0 Å². The van der Waals surface area contributed by atoms with Crippen molar-refractivity contribution in [3.8, 4) is 11.6 Å². The number of hydrogen-bond acceptors (Lipinski definition) is 4. The van der Waals surface area contributed by atoms with Crippen molar-refractivity contribution in [3.05, 3.63) is 53.7 Å². The van der Waals surface area contributed by atoms with E-state index in [9.17, 15) is 0 Å². The summed E-state index contributed by atoms with van der Waals surface area (Å²) in [5.74, 6) is 1.46. The molecule has 0 saturated carbocycles. The molecule has 0 aliphatic carbocycles. The first kappa shape index (κ1) is 15.3. The van der Waals surface area contributed by atoms with Crippen molar-refractivity contribution >= 4 is 0 Å². The van der Waals surface area contributed by atoms with Gasteiger partial charge in [0.25, 0.3) is 0 Å². The number of ether oxygens (including phenoxy) is 2. The monoisotopic (exact) mass is 286 g/mol. The van der Waals surface area contributed by atoms with E-state index in [2.05, 4.69) is 24.1 Å². The minimum atomic E-state index is 0.467. The number of aromatic nitrogens is 1. The molecular weight excluding hydrogens is 264 g/mol. The van der Waals surface area contributed by atoms with Gasteiger partial charge in [-0.25, -0.2) is 4.98 Å². The predicted octanol–water partition coefficient (Wildman–Crippen LogP) is 3.17. The normalized spacial score (nSPS) is 10.7. The van der Waals surface area contributed by atoms with E-state index in [0.717, 1.165) is 23.4 Å². The molecule has 1 aromatic carbocycles. The number of nitrogens with one attached hydrogen (secondary N) is 1. The lowest BCUT2D eigenvalue weighted by molar-refractivity contribution is 0.293. The Morgan fingerprint density at radius 1 is 1.14 bits per heavy atom. The SMILES string of the molecule is COc1cccc(COc2ccc(CNC(C)C)cn2)c1. The molecular formula is C17H22N2O2. The summed E-state index contributed by atoms with van der Waals surface area (Å²) < 4.78 is 10.9. The molecule has 4 nitrogen and oxygen atoms in total. The number of rotatable bonds is 7. The Labute approximate surface area is 126 Å². The highest BCUT2D eigenvalue weighted by Gasteiger charge is 2.00. The van der Waals surface area contributed by atoms with E-state index in [1.807, 2.05) is 42.6 Å². The van der Waals surface area contributed by atoms with Crippen LogP contribution in [0.2, 0.25) is 0 Å². The standard InChI is InChI=1S/C17H22N2O2/c1-13(2)18-10-15-7-8-17(19-11-15)21-12-14-5-4-6-16(9-14)20-3/h4-9,11,13,18H,10,12H2,1-3H3. The van der Waals surface area contributed by atoms with Crippen LogP contribution in [0.1, 0.15) is 25.0 Å². The van der Waals surface area contributed by atoms with Gasteiger partial charge in [-0.15, -0.1) is 0 Å². The largest absolute Gasteiger partial charge is 0.497 e. The molecule has 4 heteroatoms. The first-order valence-corrected chi connectivity index (χ1v) is 7.11. The Kier molecular flexibility index (Phi) is 5.58. The summed E-state index contributed by atoms with van der Waals surface area (Å²) in [4.78, 5) is 4.32. The van der Waals surface area contributed by atoms with Crippen molar-refractivity contribution in [1.82, 2.24) is 10.3 Å². The van der Waals surface area contributed by atoms with Crippen LogP contribution in [-0.4, -0.2) is 18.1 Å². The number of benzene rings is 1. The maximum atomic E-state index is 5.69. The van der Waals surface area contributed by atoms with E-state index in [4.69, 9.17) is 9.47 Å². The van der Waals surface area contributed by atoms with E-state index >= 15 is 0 Å². The van der Waals surface area contributed by atoms with Crippen LogP contribution in [0.3, 0.4) is 0 Å². The molecule has 0 atom stereocenters. The highest BCUT2D eigenvalue weighted by molar-refractivity contribution is 5.28. The molecule has 0 fully saturated rings. The van der Waals surface area contributed by atoms with Gasteiger partial charge in [0, 0.05) is 24.8 Å². The summed E-state index contributed by atoms with van der Waals surface area (Å²) in [5.41, 5.74) is 2.21. The van der Waals surface area contributed by atoms with Gasteiger partial charge in [-0.05, 0) is 23.3 Å². The zero-order valence-corrected chi connectivity index (χ0v) is 12.8. The second-order valence-electron chi connectivity index (χ2n) is 5.18. The Hall–Kier alpha value is -2.07. The molecule has 2 aromatic rings. The molecule has 0 radical (unpaired) electrons. The van der Waals surface area contributed by atoms with Gasteiger partial charge in [0.1, 0.15) is 12.4 Å². The summed E-state index contributed by atoms with van der Waals surface area (Å²) in [5, 5.41) is 3.36. The second kappa shape index (κ2) is 7.64. The van der Waals surface area contributed by atoms with Gasteiger partial charge in [0.15, 0.2) is 0 Å². The molecule has 0 amide bonds. The molecule has 2 rings (SSSR count). The topological polar surface area (TPSA) is 43.4 Å². The second-order valence-corrected chi connectivity index (χ2v) is 5.18. The van der Waals surface area contributed by atoms with Crippen LogP contribution < -0.4 is 14.8 Å². The predicted molar refractivity (Wildman–Crippen MR) is 83.5 cm³/mol. The third-order valence-corrected chi connectivity index (χ3v) is 3.03. The van der Waals surface area contributed by atoms with E-state index in [0.29, 0.717) is 18.5 Å². The van der Waals surface area contributed by atoms with Crippen molar-refractivity contribution in [2.45, 2.75) is 33.0 Å². The van der Waals surface area contributed by atoms with Gasteiger partial charge >= 0.3 is 0 Å². The van der Waals surface area contributed by atoms with Gasteiger partial charge < -0.3 is 14.8 Å². The van der Waals surface area contributed by atoms with Crippen molar-refractivity contribution in [2.24, 2.45) is 0 Å². The van der Waals surface area contributed by atoms with Gasteiger partial charge in [-0.2, -0.15) is 0 Å². The number of pyridine rings is 1. The smallest absolute Gasteiger partial charge is 0.213 e. The molecule has 0 aliphatic rings. The van der Waals surface area contributed by atoms with Crippen LogP contribution in [0, 0.1) is 0 Å². The molecule has 0 spiro atoms. The molecule has 0 saturated heterocycles. The average molecular weight is 286 g/mol. The van der Waals surface area contributed by atoms with E-state index in [1.54, 1.807) is 7.11 Å². The molecule has 1 heterocycles. The Morgan fingerprint density at radius 3 is 2.67 bits per heavy atom. The van der Waals surface area contributed by atoms with E-state index in [-0.39, 0.29) is 0 Å². The lowest BCUT2D eigenvalue weighted by Crippen LogP contribution is -2.21. The van der Waals surface area contributed by atoms with E-state index in [1.165, 1.54) is 0 Å². The van der Waals surface area contributed by atoms with Gasteiger partial charge in [0.05, 0.1) is 7.11 Å². The molecule has 1 aromatic heterocycles. The highest BCUT2D eigenvalue weighted by Crippen LogP contribution is 2.15. The fraction of sp³-hybridized carbons (Fsp3) is 0.353. The van der Waals surface area contributed by atoms with Crippen LogP contribution in [0.15, 0.2) is 42.6 Å². The summed E-state index contributed by atoms with van der Waals surface area (Å²) in [6.45, 7) is 5.55. The fourth-order valence-corrected chi connectivity index (χ4v) is 1.84. The molecule has 21 heavy (non-hydrogen) atoms. The lowest BCUT2D eigenvalue weighted by Gasteiger charge is -2.09. The third kappa shape index (κ3) is 5.08. The first-order valence-electron chi connectivity index (χ1n) is 7.11. The van der Waals surface area contributed by atoms with Crippen LogP contribution >= 0.6 is 0 Å². The zero-order valence-electron chi connectivity index (χ0n) is 12.8. The highest BCUT2D eigenvalue weighted by atomic mass is 16.5. The Bertz CT molecular complexity index is 553. The molecule has 112 valence electrons. The van der Waals surface area contributed by atoms with Crippen LogP contribution in [-0.2, 0) is 13.2 Å².